The van der Waals surface area contributed by atoms with Gasteiger partial charge in [-0.3, -0.25) is 0 Å². The van der Waals surface area contributed by atoms with Gasteiger partial charge < -0.3 is 15.5 Å². The first-order chi connectivity index (χ1) is 12.3. The van der Waals surface area contributed by atoms with Crippen molar-refractivity contribution in [3.05, 3.63) is 40.2 Å². The van der Waals surface area contributed by atoms with Gasteiger partial charge in [0.2, 0.25) is 0 Å². The van der Waals surface area contributed by atoms with Crippen molar-refractivity contribution in [2.24, 2.45) is 0 Å². The molecule has 0 bridgehead atoms. The predicted molar refractivity (Wildman–Crippen MR) is 91.8 cm³/mol. The summed E-state index contributed by atoms with van der Waals surface area (Å²) < 4.78 is 41.5. The monoisotopic (exact) mass is 389 g/mol. The standard InChI is InChI=1S/C17H19ClF3N3O2/c18-12-5-3-6-13(22-8-10(26)9-25)15(12)24-14-7-2-1-4-11(14)16(23-24)17(19,20)21/h3,5-6,10,22,25-26H,1-2,4,7-9H2. The van der Waals surface area contributed by atoms with Crippen LogP contribution in [0.2, 0.25) is 5.02 Å². The van der Waals surface area contributed by atoms with E-state index in [0.29, 0.717) is 36.3 Å². The summed E-state index contributed by atoms with van der Waals surface area (Å²) in [5.41, 5.74) is 0.628. The largest absolute Gasteiger partial charge is 0.435 e. The van der Waals surface area contributed by atoms with Gasteiger partial charge in [0.1, 0.15) is 5.69 Å². The van der Waals surface area contributed by atoms with Gasteiger partial charge in [0.15, 0.2) is 5.69 Å². The molecule has 1 aliphatic carbocycles. The zero-order valence-electron chi connectivity index (χ0n) is 13.9. The van der Waals surface area contributed by atoms with Crippen molar-refractivity contribution in [2.75, 3.05) is 18.5 Å². The lowest BCUT2D eigenvalue weighted by atomic mass is 9.95. The van der Waals surface area contributed by atoms with Gasteiger partial charge in [0, 0.05) is 17.8 Å². The van der Waals surface area contributed by atoms with Crippen LogP contribution in [0.5, 0.6) is 0 Å². The second kappa shape index (κ2) is 7.46. The Morgan fingerprint density at radius 2 is 2.00 bits per heavy atom. The predicted octanol–water partition coefficient (Wildman–Crippen LogP) is 3.19. The second-order valence-electron chi connectivity index (χ2n) is 6.24. The molecule has 0 fully saturated rings. The van der Waals surface area contributed by atoms with E-state index in [1.165, 1.54) is 4.68 Å². The van der Waals surface area contributed by atoms with E-state index in [4.69, 9.17) is 16.7 Å². The zero-order chi connectivity index (χ0) is 18.9. The van der Waals surface area contributed by atoms with Crippen LogP contribution in [-0.4, -0.2) is 39.2 Å². The average Bonchev–Trinajstić information content (AvgIpc) is 2.99. The number of aliphatic hydroxyl groups is 2. The molecule has 1 aliphatic rings. The Morgan fingerprint density at radius 3 is 2.69 bits per heavy atom. The van der Waals surface area contributed by atoms with Crippen LogP contribution in [0.1, 0.15) is 29.8 Å². The Kier molecular flexibility index (Phi) is 5.45. The van der Waals surface area contributed by atoms with E-state index < -0.39 is 24.6 Å². The van der Waals surface area contributed by atoms with Crippen molar-refractivity contribution in [1.29, 1.82) is 0 Å². The number of alkyl halides is 3. The molecule has 0 spiro atoms. The minimum atomic E-state index is -4.53. The average molecular weight is 390 g/mol. The quantitative estimate of drug-likeness (QED) is 0.734. The first-order valence-corrected chi connectivity index (χ1v) is 8.70. The molecule has 0 aliphatic heterocycles. The Morgan fingerprint density at radius 1 is 1.27 bits per heavy atom. The van der Waals surface area contributed by atoms with Gasteiger partial charge in [-0.2, -0.15) is 18.3 Å². The SMILES string of the molecule is OCC(O)CNc1cccc(Cl)c1-n1nc(C(F)(F)F)c2c1CCCC2. The van der Waals surface area contributed by atoms with Crippen LogP contribution in [0.3, 0.4) is 0 Å². The van der Waals surface area contributed by atoms with Gasteiger partial charge in [-0.25, -0.2) is 4.68 Å². The summed E-state index contributed by atoms with van der Waals surface area (Å²) in [6.45, 7) is -0.405. The van der Waals surface area contributed by atoms with Crippen LogP contribution in [-0.2, 0) is 19.0 Å². The number of fused-ring (bicyclic) bond motifs is 1. The number of aromatic nitrogens is 2. The fraction of sp³-hybridized carbons (Fsp3) is 0.471. The number of rotatable bonds is 5. The molecule has 142 valence electrons. The lowest BCUT2D eigenvalue weighted by Crippen LogP contribution is -2.23. The van der Waals surface area contributed by atoms with Crippen molar-refractivity contribution >= 4 is 17.3 Å². The molecular formula is C17H19ClF3N3O2. The lowest BCUT2D eigenvalue weighted by Gasteiger charge is -2.19. The third kappa shape index (κ3) is 3.67. The van der Waals surface area contributed by atoms with Crippen molar-refractivity contribution in [2.45, 2.75) is 38.0 Å². The summed E-state index contributed by atoms with van der Waals surface area (Å²) in [5, 5.41) is 25.5. The summed E-state index contributed by atoms with van der Waals surface area (Å²) in [7, 11) is 0. The maximum Gasteiger partial charge on any atom is 0.435 e. The highest BCUT2D eigenvalue weighted by molar-refractivity contribution is 6.33. The molecule has 0 saturated carbocycles. The molecule has 3 N–H and O–H groups in total. The molecule has 1 atom stereocenters. The lowest BCUT2D eigenvalue weighted by molar-refractivity contribution is -0.142. The summed E-state index contributed by atoms with van der Waals surface area (Å²) in [6, 6.07) is 4.88. The number of para-hydroxylation sites is 1. The van der Waals surface area contributed by atoms with Crippen molar-refractivity contribution in [1.82, 2.24) is 9.78 Å². The van der Waals surface area contributed by atoms with Gasteiger partial charge in [-0.05, 0) is 37.8 Å². The van der Waals surface area contributed by atoms with Gasteiger partial charge in [-0.1, -0.05) is 17.7 Å². The zero-order valence-corrected chi connectivity index (χ0v) is 14.6. The van der Waals surface area contributed by atoms with Crippen molar-refractivity contribution in [3.8, 4) is 5.69 Å². The summed E-state index contributed by atoms with van der Waals surface area (Å²) in [5.74, 6) is 0. The topological polar surface area (TPSA) is 70.3 Å². The normalized spacial score (nSPS) is 15.6. The van der Waals surface area contributed by atoms with Crippen LogP contribution >= 0.6 is 11.6 Å². The summed E-state index contributed by atoms with van der Waals surface area (Å²) in [4.78, 5) is 0. The Labute approximate surface area is 153 Å². The number of anilines is 1. The fourth-order valence-electron chi connectivity index (χ4n) is 3.18. The first kappa shape index (κ1) is 19.0. The highest BCUT2D eigenvalue weighted by atomic mass is 35.5. The highest BCUT2D eigenvalue weighted by Crippen LogP contribution is 2.39. The maximum absolute atomic E-state index is 13.4. The third-order valence-electron chi connectivity index (χ3n) is 4.39. The van der Waals surface area contributed by atoms with Crippen LogP contribution in [0, 0.1) is 0 Å². The van der Waals surface area contributed by atoms with Crippen LogP contribution < -0.4 is 5.32 Å². The molecular weight excluding hydrogens is 371 g/mol. The molecule has 5 nitrogen and oxygen atoms in total. The fourth-order valence-corrected chi connectivity index (χ4v) is 3.43. The molecule has 2 aromatic rings. The Balaban J connectivity index is 2.11. The molecule has 0 amide bonds. The number of halogens is 4. The van der Waals surface area contributed by atoms with Crippen LogP contribution in [0.4, 0.5) is 18.9 Å². The van der Waals surface area contributed by atoms with Gasteiger partial charge in [-0.15, -0.1) is 0 Å². The number of nitrogens with zero attached hydrogens (tertiary/aromatic N) is 2. The van der Waals surface area contributed by atoms with Crippen molar-refractivity contribution < 1.29 is 23.4 Å². The minimum Gasteiger partial charge on any atom is -0.394 e. The Hall–Kier alpha value is -1.77. The summed E-state index contributed by atoms with van der Waals surface area (Å²) in [6.07, 6.45) is -3.23. The molecule has 1 heterocycles. The van der Waals surface area contributed by atoms with Gasteiger partial charge in [0.25, 0.3) is 0 Å². The van der Waals surface area contributed by atoms with E-state index in [1.807, 2.05) is 0 Å². The number of aliphatic hydroxyl groups excluding tert-OH is 2. The van der Waals surface area contributed by atoms with Crippen molar-refractivity contribution in [3.63, 3.8) is 0 Å². The molecule has 3 rings (SSSR count). The molecule has 0 saturated heterocycles. The summed E-state index contributed by atoms with van der Waals surface area (Å²) >= 11 is 6.29. The van der Waals surface area contributed by atoms with Gasteiger partial charge in [0.05, 0.1) is 23.4 Å². The van der Waals surface area contributed by atoms with E-state index in [-0.39, 0.29) is 17.1 Å². The van der Waals surface area contributed by atoms with Crippen LogP contribution in [0.15, 0.2) is 18.2 Å². The minimum absolute atomic E-state index is 0.0272. The molecule has 1 aromatic carbocycles. The second-order valence-corrected chi connectivity index (χ2v) is 6.65. The highest BCUT2D eigenvalue weighted by Gasteiger charge is 2.40. The number of hydrogen-bond donors (Lipinski definition) is 3. The molecule has 9 heteroatoms. The molecule has 0 radical (unpaired) electrons. The van der Waals surface area contributed by atoms with E-state index >= 15 is 0 Å². The number of hydrogen-bond acceptors (Lipinski definition) is 4. The van der Waals surface area contributed by atoms with Crippen LogP contribution in [0.25, 0.3) is 5.69 Å². The maximum atomic E-state index is 13.4. The van der Waals surface area contributed by atoms with E-state index in [0.717, 1.165) is 6.42 Å². The Bertz CT molecular complexity index is 792. The third-order valence-corrected chi connectivity index (χ3v) is 4.69. The number of nitrogens with one attached hydrogen (secondary N) is 1. The van der Waals surface area contributed by atoms with E-state index in [2.05, 4.69) is 10.4 Å². The van der Waals surface area contributed by atoms with E-state index in [9.17, 15) is 18.3 Å². The smallest absolute Gasteiger partial charge is 0.394 e. The number of benzene rings is 1. The van der Waals surface area contributed by atoms with Gasteiger partial charge >= 0.3 is 6.18 Å². The van der Waals surface area contributed by atoms with E-state index in [1.54, 1.807) is 18.2 Å². The molecule has 26 heavy (non-hydrogen) atoms. The molecule has 1 unspecified atom stereocenters. The first-order valence-electron chi connectivity index (χ1n) is 8.32. The molecule has 1 aromatic heterocycles.